The molecule has 0 atom stereocenters. The third kappa shape index (κ3) is 10.7. The van der Waals surface area contributed by atoms with Gasteiger partial charge in [0.05, 0.1) is 6.61 Å². The fourth-order valence-corrected chi connectivity index (χ4v) is 0.200. The summed E-state index contributed by atoms with van der Waals surface area (Å²) in [5.74, 6) is 0. The van der Waals surface area contributed by atoms with Crippen molar-refractivity contribution in [1.29, 1.82) is 0 Å². The molecule has 7 heavy (non-hydrogen) atoms. The molecule has 2 nitrogen and oxygen atoms in total. The number of rotatable bonds is 2. The molecule has 0 aliphatic carbocycles. The molecule has 0 aromatic carbocycles. The minimum atomic E-state index is 0. The first kappa shape index (κ1) is 10.5. The normalized spacial score (nSPS) is 8.57. The van der Waals surface area contributed by atoms with Crippen LogP contribution in [0, 0.1) is 0 Å². The van der Waals surface area contributed by atoms with E-state index in [0.717, 1.165) is 6.54 Å². The van der Waals surface area contributed by atoms with Crippen molar-refractivity contribution in [2.75, 3.05) is 27.2 Å². The molecule has 0 aromatic heterocycles. The Bertz CT molecular complexity index is 32.9. The average Bonchev–Trinajstić information content (AvgIpc) is 1.35. The Labute approximate surface area is 56.7 Å². The SMILES string of the molecule is CN(C)CCO.[LiH]. The molecule has 0 heterocycles. The van der Waals surface area contributed by atoms with E-state index in [1.54, 1.807) is 0 Å². The van der Waals surface area contributed by atoms with Crippen LogP contribution in [0.2, 0.25) is 0 Å². The van der Waals surface area contributed by atoms with E-state index in [1.807, 2.05) is 19.0 Å². The molecule has 0 saturated heterocycles. The van der Waals surface area contributed by atoms with Crippen molar-refractivity contribution in [2.24, 2.45) is 0 Å². The van der Waals surface area contributed by atoms with E-state index in [0.29, 0.717) is 0 Å². The number of hydrogen-bond acceptors (Lipinski definition) is 2. The second-order valence-electron chi connectivity index (χ2n) is 1.53. The topological polar surface area (TPSA) is 23.5 Å². The predicted molar refractivity (Wildman–Crippen MR) is 32.8 cm³/mol. The van der Waals surface area contributed by atoms with Gasteiger partial charge in [0.2, 0.25) is 0 Å². The third-order valence-corrected chi connectivity index (χ3v) is 0.547. The van der Waals surface area contributed by atoms with Crippen LogP contribution in [0.15, 0.2) is 0 Å². The molecule has 0 aromatic rings. The van der Waals surface area contributed by atoms with Crippen LogP contribution in [0.25, 0.3) is 0 Å². The first-order valence-corrected chi connectivity index (χ1v) is 2.03. The molecule has 0 radical (unpaired) electrons. The minimum absolute atomic E-state index is 0. The number of likely N-dealkylation sites (N-methyl/N-ethyl adjacent to an activating group) is 1. The molecule has 1 N–H and O–H groups in total. The van der Waals surface area contributed by atoms with E-state index < -0.39 is 0 Å². The van der Waals surface area contributed by atoms with Crippen molar-refractivity contribution in [3.05, 3.63) is 0 Å². The van der Waals surface area contributed by atoms with Crippen molar-refractivity contribution in [3.8, 4) is 0 Å². The quantitative estimate of drug-likeness (QED) is 0.442. The van der Waals surface area contributed by atoms with Gasteiger partial charge in [-0.1, -0.05) is 0 Å². The molecule has 0 bridgehead atoms. The Morgan fingerprint density at radius 3 is 1.86 bits per heavy atom. The maximum atomic E-state index is 8.20. The summed E-state index contributed by atoms with van der Waals surface area (Å²) < 4.78 is 0. The second kappa shape index (κ2) is 6.52. The number of aliphatic hydroxyl groups excluding tert-OH is 1. The van der Waals surface area contributed by atoms with E-state index in [-0.39, 0.29) is 25.5 Å². The summed E-state index contributed by atoms with van der Waals surface area (Å²) >= 11 is 0. The van der Waals surface area contributed by atoms with Crippen molar-refractivity contribution < 1.29 is 5.11 Å². The fourth-order valence-electron chi connectivity index (χ4n) is 0.200. The van der Waals surface area contributed by atoms with Crippen LogP contribution in [0.4, 0.5) is 0 Å². The summed E-state index contributed by atoms with van der Waals surface area (Å²) in [5, 5.41) is 8.20. The molecular weight excluding hydrogens is 85.0 g/mol. The second-order valence-corrected chi connectivity index (χ2v) is 1.53. The number of nitrogens with zero attached hydrogens (tertiary/aromatic N) is 1. The van der Waals surface area contributed by atoms with E-state index in [4.69, 9.17) is 5.11 Å². The van der Waals surface area contributed by atoms with Gasteiger partial charge in [-0.2, -0.15) is 0 Å². The Morgan fingerprint density at radius 1 is 1.43 bits per heavy atom. The van der Waals surface area contributed by atoms with Gasteiger partial charge in [-0.05, 0) is 14.1 Å². The van der Waals surface area contributed by atoms with Crippen molar-refractivity contribution >= 4 is 18.9 Å². The predicted octanol–water partition coefficient (Wildman–Crippen LogP) is -1.11. The fraction of sp³-hybridized carbons (Fsp3) is 1.00. The zero-order valence-corrected chi connectivity index (χ0v) is 4.31. The molecule has 0 saturated carbocycles. The summed E-state index contributed by atoms with van der Waals surface area (Å²) in [5.41, 5.74) is 0. The first-order chi connectivity index (χ1) is 2.77. The molecule has 0 fully saturated rings. The van der Waals surface area contributed by atoms with Crippen LogP contribution < -0.4 is 0 Å². The Morgan fingerprint density at radius 2 is 1.86 bits per heavy atom. The van der Waals surface area contributed by atoms with E-state index >= 15 is 0 Å². The standard InChI is InChI=1S/C4H11NO.Li.H/c1-5(2)3-4-6;;/h6H,3-4H2,1-2H3;;. The first-order valence-electron chi connectivity index (χ1n) is 2.03. The van der Waals surface area contributed by atoms with Crippen LogP contribution in [0.3, 0.4) is 0 Å². The molecule has 0 amide bonds. The summed E-state index contributed by atoms with van der Waals surface area (Å²) in [6.07, 6.45) is 0. The molecule has 0 unspecified atom stereocenters. The molecule has 0 rings (SSSR count). The molecule has 40 valence electrons. The van der Waals surface area contributed by atoms with Gasteiger partial charge in [-0.3, -0.25) is 0 Å². The molecule has 3 heteroatoms. The van der Waals surface area contributed by atoms with Gasteiger partial charge in [-0.15, -0.1) is 0 Å². The van der Waals surface area contributed by atoms with Crippen molar-refractivity contribution in [1.82, 2.24) is 4.90 Å². The number of hydrogen-bond donors (Lipinski definition) is 1. The summed E-state index contributed by atoms with van der Waals surface area (Å²) in [6.45, 7) is 1.02. The third-order valence-electron chi connectivity index (χ3n) is 0.547. The molecule has 0 spiro atoms. The van der Waals surface area contributed by atoms with Crippen LogP contribution in [-0.4, -0.2) is 56.1 Å². The summed E-state index contributed by atoms with van der Waals surface area (Å²) in [4.78, 5) is 1.93. The van der Waals surface area contributed by atoms with Gasteiger partial charge >= 0.3 is 18.9 Å². The Hall–Kier alpha value is 0.517. The average molecular weight is 97.1 g/mol. The molecular formula is C4H12LiNO. The molecule has 0 aliphatic rings. The van der Waals surface area contributed by atoms with Gasteiger partial charge in [0, 0.05) is 6.54 Å². The number of aliphatic hydroxyl groups is 1. The summed E-state index contributed by atoms with van der Waals surface area (Å²) in [7, 11) is 3.85. The summed E-state index contributed by atoms with van der Waals surface area (Å²) in [6, 6.07) is 0. The van der Waals surface area contributed by atoms with Gasteiger partial charge in [0.25, 0.3) is 0 Å². The van der Waals surface area contributed by atoms with Gasteiger partial charge in [-0.25, -0.2) is 0 Å². The van der Waals surface area contributed by atoms with Crippen LogP contribution in [0.1, 0.15) is 0 Å². The van der Waals surface area contributed by atoms with Gasteiger partial charge in [0.15, 0.2) is 0 Å². The van der Waals surface area contributed by atoms with E-state index in [9.17, 15) is 0 Å². The Balaban J connectivity index is 0. The zero-order valence-electron chi connectivity index (χ0n) is 4.31. The van der Waals surface area contributed by atoms with Gasteiger partial charge < -0.3 is 10.0 Å². The van der Waals surface area contributed by atoms with Crippen LogP contribution in [0.5, 0.6) is 0 Å². The monoisotopic (exact) mass is 97.1 g/mol. The van der Waals surface area contributed by atoms with Crippen molar-refractivity contribution in [3.63, 3.8) is 0 Å². The maximum absolute atomic E-state index is 8.20. The van der Waals surface area contributed by atoms with Crippen molar-refractivity contribution in [2.45, 2.75) is 0 Å². The zero-order chi connectivity index (χ0) is 4.99. The van der Waals surface area contributed by atoms with Gasteiger partial charge in [0.1, 0.15) is 0 Å². The Kier molecular flexibility index (Phi) is 9.77. The van der Waals surface area contributed by atoms with E-state index in [2.05, 4.69) is 0 Å². The van der Waals surface area contributed by atoms with Crippen LogP contribution >= 0.6 is 0 Å². The van der Waals surface area contributed by atoms with Crippen LogP contribution in [-0.2, 0) is 0 Å². The van der Waals surface area contributed by atoms with E-state index in [1.165, 1.54) is 0 Å². The molecule has 0 aliphatic heterocycles.